The molecule has 23 heavy (non-hydrogen) atoms. The van der Waals surface area contributed by atoms with E-state index in [1.165, 1.54) is 12.1 Å². The first-order valence-electron chi connectivity index (χ1n) is 7.56. The highest BCUT2D eigenvalue weighted by atomic mass is 32.1. The number of nitrogens with zero attached hydrogens (tertiary/aromatic N) is 3. The second-order valence-corrected chi connectivity index (χ2v) is 6.76. The summed E-state index contributed by atoms with van der Waals surface area (Å²) < 4.78 is 5.38. The summed E-state index contributed by atoms with van der Waals surface area (Å²) in [6, 6.07) is 2.64. The number of aromatic nitrogens is 1. The smallest absolute Gasteiger partial charge is 0.289 e. The van der Waals surface area contributed by atoms with Crippen LogP contribution in [0.3, 0.4) is 0 Å². The molecule has 3 rings (SSSR count). The van der Waals surface area contributed by atoms with Crippen LogP contribution in [-0.2, 0) is 6.54 Å². The van der Waals surface area contributed by atoms with Gasteiger partial charge in [0.2, 0.25) is 0 Å². The van der Waals surface area contributed by atoms with Crippen molar-refractivity contribution in [2.45, 2.75) is 20.4 Å². The Morgan fingerprint density at radius 3 is 2.61 bits per heavy atom. The van der Waals surface area contributed by atoms with Crippen molar-refractivity contribution in [1.29, 1.82) is 0 Å². The predicted molar refractivity (Wildman–Crippen MR) is 87.7 cm³/mol. The summed E-state index contributed by atoms with van der Waals surface area (Å²) in [5.41, 5.74) is 0.881. The monoisotopic (exact) mass is 333 g/mol. The number of carbonyl (C=O) groups is 1. The Labute approximate surface area is 138 Å². The standard InChI is InChI=1S/C16H19N3O3S/c1-11-7-14(20)8-15(22-11)16(21)19-5-3-18(4-6-19)9-13-10-23-12(2)17-13/h7-8,10H,3-6,9H2,1-2H3. The molecule has 7 heteroatoms. The van der Waals surface area contributed by atoms with E-state index in [0.717, 1.165) is 30.3 Å². The Kier molecular flexibility index (Phi) is 4.58. The largest absolute Gasteiger partial charge is 0.456 e. The molecule has 1 fully saturated rings. The van der Waals surface area contributed by atoms with E-state index in [9.17, 15) is 9.59 Å². The summed E-state index contributed by atoms with van der Waals surface area (Å²) in [7, 11) is 0. The zero-order valence-electron chi connectivity index (χ0n) is 13.2. The lowest BCUT2D eigenvalue weighted by atomic mass is 10.2. The van der Waals surface area contributed by atoms with E-state index in [0.29, 0.717) is 18.8 Å². The molecule has 0 unspecified atom stereocenters. The van der Waals surface area contributed by atoms with Crippen molar-refractivity contribution < 1.29 is 9.21 Å². The summed E-state index contributed by atoms with van der Waals surface area (Å²) in [5.74, 6) is 0.368. The Balaban J connectivity index is 1.60. The lowest BCUT2D eigenvalue weighted by Gasteiger charge is -2.34. The molecule has 122 valence electrons. The molecule has 0 aliphatic carbocycles. The Hall–Kier alpha value is -1.99. The van der Waals surface area contributed by atoms with Gasteiger partial charge in [-0.05, 0) is 13.8 Å². The molecule has 2 aromatic heterocycles. The van der Waals surface area contributed by atoms with Gasteiger partial charge >= 0.3 is 0 Å². The fraction of sp³-hybridized carbons (Fsp3) is 0.438. The minimum atomic E-state index is -0.213. The Bertz CT molecular complexity index is 760. The summed E-state index contributed by atoms with van der Waals surface area (Å²) in [4.78, 5) is 32.4. The maximum absolute atomic E-state index is 12.4. The lowest BCUT2D eigenvalue weighted by molar-refractivity contribution is 0.0592. The van der Waals surface area contributed by atoms with Crippen molar-refractivity contribution in [1.82, 2.24) is 14.8 Å². The lowest BCUT2D eigenvalue weighted by Crippen LogP contribution is -2.48. The first-order chi connectivity index (χ1) is 11.0. The molecule has 1 saturated heterocycles. The van der Waals surface area contributed by atoms with E-state index in [2.05, 4.69) is 15.3 Å². The third-order valence-electron chi connectivity index (χ3n) is 3.81. The quantitative estimate of drug-likeness (QED) is 0.855. The van der Waals surface area contributed by atoms with Crippen LogP contribution in [0.1, 0.15) is 27.0 Å². The molecule has 0 N–H and O–H groups in total. The minimum Gasteiger partial charge on any atom is -0.456 e. The first kappa shape index (κ1) is 15.9. The molecule has 3 heterocycles. The van der Waals surface area contributed by atoms with Gasteiger partial charge < -0.3 is 9.32 Å². The molecule has 1 aliphatic rings. The van der Waals surface area contributed by atoms with Crippen LogP contribution in [0.4, 0.5) is 0 Å². The average molecular weight is 333 g/mol. The van der Waals surface area contributed by atoms with E-state index >= 15 is 0 Å². The van der Waals surface area contributed by atoms with Crippen molar-refractivity contribution in [2.75, 3.05) is 26.2 Å². The molecule has 0 radical (unpaired) electrons. The zero-order valence-corrected chi connectivity index (χ0v) is 14.1. The van der Waals surface area contributed by atoms with Gasteiger partial charge in [0, 0.05) is 50.2 Å². The number of thiazole rings is 1. The maximum atomic E-state index is 12.4. The van der Waals surface area contributed by atoms with Gasteiger partial charge in [-0.25, -0.2) is 4.98 Å². The fourth-order valence-corrected chi connectivity index (χ4v) is 3.29. The van der Waals surface area contributed by atoms with Crippen molar-refractivity contribution in [2.24, 2.45) is 0 Å². The third-order valence-corrected chi connectivity index (χ3v) is 4.63. The van der Waals surface area contributed by atoms with Crippen LogP contribution < -0.4 is 5.43 Å². The molecule has 0 atom stereocenters. The number of hydrogen-bond acceptors (Lipinski definition) is 6. The van der Waals surface area contributed by atoms with Crippen LogP contribution in [-0.4, -0.2) is 46.9 Å². The van der Waals surface area contributed by atoms with E-state index in [-0.39, 0.29) is 17.1 Å². The molecule has 1 aliphatic heterocycles. The van der Waals surface area contributed by atoms with Gasteiger partial charge in [0.05, 0.1) is 10.7 Å². The van der Waals surface area contributed by atoms with Crippen molar-refractivity contribution >= 4 is 17.2 Å². The molecule has 2 aromatic rings. The first-order valence-corrected chi connectivity index (χ1v) is 8.43. The second kappa shape index (κ2) is 6.64. The highest BCUT2D eigenvalue weighted by molar-refractivity contribution is 7.09. The van der Waals surface area contributed by atoms with Gasteiger partial charge in [0.1, 0.15) is 5.76 Å². The molecule has 0 bridgehead atoms. The van der Waals surface area contributed by atoms with Crippen molar-refractivity contribution in [3.8, 4) is 0 Å². The van der Waals surface area contributed by atoms with Gasteiger partial charge in [-0.15, -0.1) is 11.3 Å². The third kappa shape index (κ3) is 3.86. The Morgan fingerprint density at radius 2 is 2.00 bits per heavy atom. The topological polar surface area (TPSA) is 66.7 Å². The summed E-state index contributed by atoms with van der Waals surface area (Å²) in [5, 5.41) is 3.15. The van der Waals surface area contributed by atoms with Crippen LogP contribution in [0.5, 0.6) is 0 Å². The van der Waals surface area contributed by atoms with E-state index in [1.54, 1.807) is 23.2 Å². The highest BCUT2D eigenvalue weighted by Crippen LogP contribution is 2.13. The predicted octanol–water partition coefficient (Wildman–Crippen LogP) is 1.67. The summed E-state index contributed by atoms with van der Waals surface area (Å²) in [6.45, 7) is 7.31. The van der Waals surface area contributed by atoms with Gasteiger partial charge in [-0.1, -0.05) is 0 Å². The van der Waals surface area contributed by atoms with Crippen molar-refractivity contribution in [3.63, 3.8) is 0 Å². The molecular weight excluding hydrogens is 314 g/mol. The van der Waals surface area contributed by atoms with E-state index < -0.39 is 0 Å². The normalized spacial score (nSPS) is 15.8. The van der Waals surface area contributed by atoms with Crippen LogP contribution in [0.25, 0.3) is 0 Å². The fourth-order valence-electron chi connectivity index (χ4n) is 2.68. The minimum absolute atomic E-state index is 0.124. The van der Waals surface area contributed by atoms with Crippen LogP contribution in [0.15, 0.2) is 26.7 Å². The molecule has 6 nitrogen and oxygen atoms in total. The number of carbonyl (C=O) groups excluding carboxylic acids is 1. The number of amides is 1. The van der Waals surface area contributed by atoms with Gasteiger partial charge in [-0.3, -0.25) is 14.5 Å². The van der Waals surface area contributed by atoms with Gasteiger partial charge in [0.25, 0.3) is 5.91 Å². The molecule has 0 spiro atoms. The van der Waals surface area contributed by atoms with Gasteiger partial charge in [-0.2, -0.15) is 0 Å². The number of piperazine rings is 1. The van der Waals surface area contributed by atoms with E-state index in [1.807, 2.05) is 6.92 Å². The molecule has 0 aromatic carbocycles. The number of hydrogen-bond donors (Lipinski definition) is 0. The van der Waals surface area contributed by atoms with Crippen LogP contribution >= 0.6 is 11.3 Å². The van der Waals surface area contributed by atoms with Crippen LogP contribution in [0.2, 0.25) is 0 Å². The second-order valence-electron chi connectivity index (χ2n) is 5.69. The number of aryl methyl sites for hydroxylation is 2. The Morgan fingerprint density at radius 1 is 1.26 bits per heavy atom. The molecular formula is C16H19N3O3S. The van der Waals surface area contributed by atoms with E-state index in [4.69, 9.17) is 4.42 Å². The summed E-state index contributed by atoms with van der Waals surface area (Å²) >= 11 is 1.65. The highest BCUT2D eigenvalue weighted by Gasteiger charge is 2.24. The zero-order chi connectivity index (χ0) is 16.4. The number of rotatable bonds is 3. The SMILES string of the molecule is Cc1cc(=O)cc(C(=O)N2CCN(Cc3csc(C)n3)CC2)o1. The van der Waals surface area contributed by atoms with Crippen LogP contribution in [0, 0.1) is 13.8 Å². The average Bonchev–Trinajstić information content (AvgIpc) is 2.91. The summed E-state index contributed by atoms with van der Waals surface area (Å²) in [6.07, 6.45) is 0. The van der Waals surface area contributed by atoms with Crippen molar-refractivity contribution in [3.05, 3.63) is 50.0 Å². The maximum Gasteiger partial charge on any atom is 0.289 e. The molecule has 0 saturated carbocycles. The van der Waals surface area contributed by atoms with Gasteiger partial charge in [0.15, 0.2) is 11.2 Å². The molecule has 1 amide bonds.